The summed E-state index contributed by atoms with van der Waals surface area (Å²) in [5.74, 6) is -0.917. The second-order valence-corrected chi connectivity index (χ2v) is 5.07. The van der Waals surface area contributed by atoms with Crippen LogP contribution in [-0.2, 0) is 18.4 Å². The maximum absolute atomic E-state index is 11.9. The number of carbonyl (C=O) groups excluding carboxylic acids is 1. The van der Waals surface area contributed by atoms with Gasteiger partial charge in [-0.3, -0.25) is 20.1 Å². The molecule has 0 spiro atoms. The van der Waals surface area contributed by atoms with Gasteiger partial charge in [0.15, 0.2) is 5.96 Å². The number of amides is 1. The predicted octanol–water partition coefficient (Wildman–Crippen LogP) is 0.652. The van der Waals surface area contributed by atoms with Crippen molar-refractivity contribution in [3.8, 4) is 0 Å². The van der Waals surface area contributed by atoms with Crippen molar-refractivity contribution in [3.63, 3.8) is 0 Å². The lowest BCUT2D eigenvalue weighted by atomic mass is 10.4. The van der Waals surface area contributed by atoms with Crippen LogP contribution in [-0.4, -0.2) is 31.2 Å². The normalized spacial score (nSPS) is 11.1. The van der Waals surface area contributed by atoms with Gasteiger partial charge in [-0.15, -0.1) is 0 Å². The molecule has 0 rings (SSSR count). The first-order valence-corrected chi connectivity index (χ1v) is 6.68. The third-order valence-electron chi connectivity index (χ3n) is 1.54. The van der Waals surface area contributed by atoms with Crippen LogP contribution < -0.4 is 11.1 Å². The molecule has 94 valence electrons. The molecule has 0 saturated heterocycles. The van der Waals surface area contributed by atoms with Gasteiger partial charge in [-0.2, -0.15) is 0 Å². The Labute approximate surface area is 94.7 Å². The molecule has 0 fully saturated rings. The van der Waals surface area contributed by atoms with E-state index in [1.165, 1.54) is 0 Å². The average molecular weight is 251 g/mol. The highest BCUT2D eigenvalue weighted by Gasteiger charge is 2.24. The summed E-state index contributed by atoms with van der Waals surface area (Å²) in [6.07, 6.45) is -0.0787. The molecule has 0 radical (unpaired) electrons. The van der Waals surface area contributed by atoms with Crippen molar-refractivity contribution < 1.29 is 18.4 Å². The van der Waals surface area contributed by atoms with Crippen molar-refractivity contribution in [2.75, 3.05) is 19.4 Å². The Morgan fingerprint density at radius 2 is 1.88 bits per heavy atom. The molecule has 0 aromatic heterocycles. The highest BCUT2D eigenvalue weighted by atomic mass is 31.2. The number of hydrogen-bond donors (Lipinski definition) is 3. The van der Waals surface area contributed by atoms with Gasteiger partial charge in [-0.25, -0.2) is 0 Å². The van der Waals surface area contributed by atoms with Crippen molar-refractivity contribution >= 4 is 19.5 Å². The van der Waals surface area contributed by atoms with Crippen LogP contribution in [0.1, 0.15) is 20.3 Å². The van der Waals surface area contributed by atoms with Crippen molar-refractivity contribution in [1.82, 2.24) is 5.32 Å². The smallest absolute Gasteiger partial charge is 0.331 e. The number of rotatable bonds is 7. The van der Waals surface area contributed by atoms with E-state index in [0.717, 1.165) is 0 Å². The van der Waals surface area contributed by atoms with E-state index in [2.05, 4.69) is 5.32 Å². The van der Waals surface area contributed by atoms with Crippen LogP contribution in [0.4, 0.5) is 0 Å². The summed E-state index contributed by atoms with van der Waals surface area (Å²) in [5.41, 5.74) is 4.97. The first-order valence-electron chi connectivity index (χ1n) is 4.95. The maximum Gasteiger partial charge on any atom is 0.331 e. The molecule has 0 unspecified atom stereocenters. The van der Waals surface area contributed by atoms with Crippen LogP contribution in [0.15, 0.2) is 0 Å². The van der Waals surface area contributed by atoms with Gasteiger partial charge < -0.3 is 14.8 Å². The number of guanidine groups is 1. The van der Waals surface area contributed by atoms with Gasteiger partial charge in [-0.1, -0.05) is 0 Å². The Hall–Kier alpha value is -0.910. The number of hydrogen-bond acceptors (Lipinski definition) is 5. The molecule has 4 N–H and O–H groups in total. The molecule has 0 aliphatic rings. The van der Waals surface area contributed by atoms with E-state index in [4.69, 9.17) is 20.2 Å². The first kappa shape index (κ1) is 15.1. The summed E-state index contributed by atoms with van der Waals surface area (Å²) in [7, 11) is -3.19. The van der Waals surface area contributed by atoms with Crippen LogP contribution in [0.3, 0.4) is 0 Å². The summed E-state index contributed by atoms with van der Waals surface area (Å²) >= 11 is 0. The first-order chi connectivity index (χ1) is 7.43. The highest BCUT2D eigenvalue weighted by Crippen LogP contribution is 2.48. The van der Waals surface area contributed by atoms with Crippen molar-refractivity contribution in [2.45, 2.75) is 20.3 Å². The van der Waals surface area contributed by atoms with Crippen LogP contribution >= 0.6 is 7.60 Å². The van der Waals surface area contributed by atoms with Crippen molar-refractivity contribution in [2.24, 2.45) is 5.73 Å². The summed E-state index contributed by atoms with van der Waals surface area (Å²) in [5, 5.41) is 8.92. The second-order valence-electron chi connectivity index (χ2n) is 2.88. The van der Waals surface area contributed by atoms with Gasteiger partial charge in [0.05, 0.1) is 19.4 Å². The fraction of sp³-hybridized carbons (Fsp3) is 0.750. The Morgan fingerprint density at radius 1 is 1.38 bits per heavy atom. The zero-order valence-electron chi connectivity index (χ0n) is 9.49. The molecule has 16 heavy (non-hydrogen) atoms. The molecule has 0 aromatic rings. The number of nitrogens with one attached hydrogen (secondary N) is 2. The van der Waals surface area contributed by atoms with E-state index in [-0.39, 0.29) is 25.8 Å². The lowest BCUT2D eigenvalue weighted by Gasteiger charge is -2.16. The molecule has 0 heterocycles. The summed E-state index contributed by atoms with van der Waals surface area (Å²) in [6, 6.07) is 0. The summed E-state index contributed by atoms with van der Waals surface area (Å²) in [4.78, 5) is 11.1. The lowest BCUT2D eigenvalue weighted by molar-refractivity contribution is -0.119. The fourth-order valence-electron chi connectivity index (χ4n) is 1.01. The molecule has 0 aromatic carbocycles. The SMILES string of the molecule is CCOP(=O)(CCC(=O)NC(=N)N)OCC. The van der Waals surface area contributed by atoms with Crippen molar-refractivity contribution in [1.29, 1.82) is 5.41 Å². The minimum absolute atomic E-state index is 0.0200. The Kier molecular flexibility index (Phi) is 6.96. The molecular weight excluding hydrogens is 233 g/mol. The minimum Gasteiger partial charge on any atom is -0.370 e. The summed E-state index contributed by atoms with van der Waals surface area (Å²) < 4.78 is 21.9. The van der Waals surface area contributed by atoms with E-state index < -0.39 is 19.5 Å². The highest BCUT2D eigenvalue weighted by molar-refractivity contribution is 7.53. The molecule has 1 amide bonds. The molecule has 0 atom stereocenters. The van der Waals surface area contributed by atoms with Crippen LogP contribution in [0, 0.1) is 5.41 Å². The minimum atomic E-state index is -3.19. The zero-order chi connectivity index (χ0) is 12.6. The predicted molar refractivity (Wildman–Crippen MR) is 60.4 cm³/mol. The van der Waals surface area contributed by atoms with Crippen LogP contribution in [0.5, 0.6) is 0 Å². The van der Waals surface area contributed by atoms with Gasteiger partial charge >= 0.3 is 7.60 Å². The van der Waals surface area contributed by atoms with Crippen LogP contribution in [0.2, 0.25) is 0 Å². The third kappa shape index (κ3) is 6.55. The van der Waals surface area contributed by atoms with Crippen molar-refractivity contribution in [3.05, 3.63) is 0 Å². The van der Waals surface area contributed by atoms with Gasteiger partial charge in [-0.05, 0) is 13.8 Å². The molecule has 0 saturated carbocycles. The Balaban J connectivity index is 4.16. The quantitative estimate of drug-likeness (QED) is 0.349. The molecule has 8 heteroatoms. The molecule has 7 nitrogen and oxygen atoms in total. The van der Waals surface area contributed by atoms with E-state index in [0.29, 0.717) is 0 Å². The van der Waals surface area contributed by atoms with Gasteiger partial charge in [0, 0.05) is 6.42 Å². The molecule has 0 bridgehead atoms. The topological polar surface area (TPSA) is 114 Å². The standard InChI is InChI=1S/C8H18N3O4P/c1-3-14-16(13,15-4-2)6-5-7(12)11-8(9)10/h3-6H2,1-2H3,(H4,9,10,11,12). The number of carbonyl (C=O) groups is 1. The van der Waals surface area contributed by atoms with Gasteiger partial charge in [0.2, 0.25) is 5.91 Å². The Bertz CT molecular complexity index is 285. The molecule has 0 aliphatic carbocycles. The Morgan fingerprint density at radius 3 is 2.25 bits per heavy atom. The van der Waals surface area contributed by atoms with E-state index >= 15 is 0 Å². The monoisotopic (exact) mass is 251 g/mol. The van der Waals surface area contributed by atoms with Gasteiger partial charge in [0.25, 0.3) is 0 Å². The summed E-state index contributed by atoms with van der Waals surface area (Å²) in [6.45, 7) is 3.90. The van der Waals surface area contributed by atoms with E-state index in [1.807, 2.05) is 0 Å². The number of nitrogens with two attached hydrogens (primary N) is 1. The lowest BCUT2D eigenvalue weighted by Crippen LogP contribution is -2.36. The molecule has 0 aliphatic heterocycles. The fourth-order valence-corrected chi connectivity index (χ4v) is 2.61. The van der Waals surface area contributed by atoms with E-state index in [9.17, 15) is 9.36 Å². The largest absolute Gasteiger partial charge is 0.370 e. The second kappa shape index (κ2) is 7.38. The molecular formula is C8H18N3O4P. The zero-order valence-corrected chi connectivity index (χ0v) is 10.4. The average Bonchev–Trinajstić information content (AvgIpc) is 2.15. The van der Waals surface area contributed by atoms with Gasteiger partial charge in [0.1, 0.15) is 0 Å². The maximum atomic E-state index is 11.9. The third-order valence-corrected chi connectivity index (χ3v) is 3.61. The van der Waals surface area contributed by atoms with E-state index in [1.54, 1.807) is 13.8 Å². The van der Waals surface area contributed by atoms with Crippen LogP contribution in [0.25, 0.3) is 0 Å².